The van der Waals surface area contributed by atoms with Gasteiger partial charge in [-0.15, -0.1) is 0 Å². The standard InChI is InChI=1S/C10H13NO2.C2H6/c1-11-7-8-2-3-9-10(6-8)13-5-4-12-9;1-2/h2-3,6,11H,4-5,7H2,1H3;1-2H3. The SMILES string of the molecule is CC.CNCc1ccc2c(c1)OCCO2. The molecule has 3 heteroatoms. The zero-order chi connectivity index (χ0) is 11.1. The summed E-state index contributed by atoms with van der Waals surface area (Å²) in [5, 5.41) is 3.09. The number of hydrogen-bond acceptors (Lipinski definition) is 3. The van der Waals surface area contributed by atoms with E-state index in [0.717, 1.165) is 18.0 Å². The van der Waals surface area contributed by atoms with Crippen LogP contribution in [-0.2, 0) is 6.54 Å². The molecule has 0 bridgehead atoms. The summed E-state index contributed by atoms with van der Waals surface area (Å²) in [5.41, 5.74) is 1.21. The first-order valence-electron chi connectivity index (χ1n) is 5.43. The van der Waals surface area contributed by atoms with Gasteiger partial charge in [0.15, 0.2) is 11.5 Å². The number of rotatable bonds is 2. The Bertz CT molecular complexity index is 300. The molecule has 0 fully saturated rings. The minimum atomic E-state index is 0.649. The van der Waals surface area contributed by atoms with Crippen molar-refractivity contribution in [2.75, 3.05) is 20.3 Å². The van der Waals surface area contributed by atoms with Gasteiger partial charge in [-0.3, -0.25) is 0 Å². The van der Waals surface area contributed by atoms with Crippen LogP contribution in [0.25, 0.3) is 0 Å². The molecule has 0 amide bonds. The van der Waals surface area contributed by atoms with Crippen molar-refractivity contribution in [3.8, 4) is 11.5 Å². The van der Waals surface area contributed by atoms with Crippen LogP contribution < -0.4 is 14.8 Å². The highest BCUT2D eigenvalue weighted by molar-refractivity contribution is 5.43. The monoisotopic (exact) mass is 209 g/mol. The van der Waals surface area contributed by atoms with Gasteiger partial charge in [0.25, 0.3) is 0 Å². The number of fused-ring (bicyclic) bond motifs is 1. The first-order valence-corrected chi connectivity index (χ1v) is 5.43. The molecule has 0 saturated heterocycles. The average Bonchev–Trinajstić information content (AvgIpc) is 2.32. The quantitative estimate of drug-likeness (QED) is 0.810. The molecule has 2 rings (SSSR count). The van der Waals surface area contributed by atoms with Gasteiger partial charge in [0, 0.05) is 6.54 Å². The predicted molar refractivity (Wildman–Crippen MR) is 61.5 cm³/mol. The first-order chi connectivity index (χ1) is 7.40. The molecule has 0 saturated carbocycles. The van der Waals surface area contributed by atoms with Gasteiger partial charge in [0.05, 0.1) is 0 Å². The van der Waals surface area contributed by atoms with Crippen LogP contribution in [0.2, 0.25) is 0 Å². The third-order valence-corrected chi connectivity index (χ3v) is 1.99. The highest BCUT2D eigenvalue weighted by Gasteiger charge is 2.10. The summed E-state index contributed by atoms with van der Waals surface area (Å²) in [7, 11) is 1.93. The minimum absolute atomic E-state index is 0.649. The third-order valence-electron chi connectivity index (χ3n) is 1.99. The molecule has 1 heterocycles. The molecule has 84 valence electrons. The second kappa shape index (κ2) is 6.30. The van der Waals surface area contributed by atoms with E-state index < -0.39 is 0 Å². The van der Waals surface area contributed by atoms with Crippen LogP contribution in [0.3, 0.4) is 0 Å². The van der Waals surface area contributed by atoms with Gasteiger partial charge >= 0.3 is 0 Å². The Morgan fingerprint density at radius 1 is 1.13 bits per heavy atom. The second-order valence-corrected chi connectivity index (χ2v) is 3.01. The van der Waals surface area contributed by atoms with Crippen LogP contribution in [0.1, 0.15) is 19.4 Å². The molecule has 1 aromatic rings. The van der Waals surface area contributed by atoms with Gasteiger partial charge in [-0.1, -0.05) is 19.9 Å². The molecule has 0 unspecified atom stereocenters. The Hall–Kier alpha value is -1.22. The van der Waals surface area contributed by atoms with E-state index in [1.165, 1.54) is 5.56 Å². The van der Waals surface area contributed by atoms with Crippen LogP contribution >= 0.6 is 0 Å². The molecule has 1 aliphatic heterocycles. The molecule has 1 aromatic carbocycles. The maximum Gasteiger partial charge on any atom is 0.161 e. The maximum absolute atomic E-state index is 5.46. The van der Waals surface area contributed by atoms with E-state index in [-0.39, 0.29) is 0 Å². The number of nitrogens with one attached hydrogen (secondary N) is 1. The van der Waals surface area contributed by atoms with E-state index in [1.54, 1.807) is 0 Å². The predicted octanol–water partition coefficient (Wildman–Crippen LogP) is 2.20. The lowest BCUT2D eigenvalue weighted by Crippen LogP contribution is -2.15. The fourth-order valence-electron chi connectivity index (χ4n) is 1.40. The van der Waals surface area contributed by atoms with E-state index in [0.29, 0.717) is 13.2 Å². The first kappa shape index (κ1) is 11.9. The van der Waals surface area contributed by atoms with Gasteiger partial charge in [-0.25, -0.2) is 0 Å². The molecule has 0 atom stereocenters. The van der Waals surface area contributed by atoms with Crippen LogP contribution in [0.4, 0.5) is 0 Å². The van der Waals surface area contributed by atoms with Crippen molar-refractivity contribution in [1.29, 1.82) is 0 Å². The van der Waals surface area contributed by atoms with Crippen molar-refractivity contribution in [2.45, 2.75) is 20.4 Å². The minimum Gasteiger partial charge on any atom is -0.486 e. The molecule has 3 nitrogen and oxygen atoms in total. The molecule has 0 spiro atoms. The summed E-state index contributed by atoms with van der Waals surface area (Å²) in [4.78, 5) is 0. The molecule has 1 N–H and O–H groups in total. The summed E-state index contributed by atoms with van der Waals surface area (Å²) in [6.45, 7) is 6.16. The normalized spacial score (nSPS) is 12.7. The van der Waals surface area contributed by atoms with Crippen molar-refractivity contribution in [3.05, 3.63) is 23.8 Å². The van der Waals surface area contributed by atoms with Crippen molar-refractivity contribution in [1.82, 2.24) is 5.32 Å². The summed E-state index contributed by atoms with van der Waals surface area (Å²) in [6.07, 6.45) is 0. The Balaban J connectivity index is 0.000000531. The van der Waals surface area contributed by atoms with E-state index in [9.17, 15) is 0 Å². The lowest BCUT2D eigenvalue weighted by molar-refractivity contribution is 0.171. The highest BCUT2D eigenvalue weighted by atomic mass is 16.6. The molecule has 0 radical (unpaired) electrons. The summed E-state index contributed by atoms with van der Waals surface area (Å²) in [6, 6.07) is 6.02. The largest absolute Gasteiger partial charge is 0.486 e. The van der Waals surface area contributed by atoms with Crippen molar-refractivity contribution in [2.24, 2.45) is 0 Å². The van der Waals surface area contributed by atoms with Crippen LogP contribution in [0, 0.1) is 0 Å². The molecule has 0 aliphatic carbocycles. The number of benzene rings is 1. The van der Waals surface area contributed by atoms with Crippen LogP contribution in [0.15, 0.2) is 18.2 Å². The molecular formula is C12H19NO2. The molecule has 0 aromatic heterocycles. The highest BCUT2D eigenvalue weighted by Crippen LogP contribution is 2.30. The van der Waals surface area contributed by atoms with Crippen molar-refractivity contribution in [3.63, 3.8) is 0 Å². The van der Waals surface area contributed by atoms with Gasteiger partial charge in [-0.2, -0.15) is 0 Å². The molecule has 1 aliphatic rings. The van der Waals surface area contributed by atoms with Gasteiger partial charge in [-0.05, 0) is 24.7 Å². The zero-order valence-corrected chi connectivity index (χ0v) is 9.67. The fraction of sp³-hybridized carbons (Fsp3) is 0.500. The van der Waals surface area contributed by atoms with Crippen LogP contribution in [-0.4, -0.2) is 20.3 Å². The second-order valence-electron chi connectivity index (χ2n) is 3.01. The van der Waals surface area contributed by atoms with E-state index in [2.05, 4.69) is 5.32 Å². The topological polar surface area (TPSA) is 30.5 Å². The van der Waals surface area contributed by atoms with E-state index >= 15 is 0 Å². The summed E-state index contributed by atoms with van der Waals surface area (Å²) >= 11 is 0. The van der Waals surface area contributed by atoms with Crippen molar-refractivity contribution < 1.29 is 9.47 Å². The summed E-state index contributed by atoms with van der Waals surface area (Å²) in [5.74, 6) is 1.71. The fourth-order valence-corrected chi connectivity index (χ4v) is 1.40. The Kier molecular flexibility index (Phi) is 4.98. The third kappa shape index (κ3) is 3.13. The van der Waals surface area contributed by atoms with Gasteiger partial charge < -0.3 is 14.8 Å². The molecule has 15 heavy (non-hydrogen) atoms. The Labute approximate surface area is 91.4 Å². The smallest absolute Gasteiger partial charge is 0.161 e. The Morgan fingerprint density at radius 3 is 2.47 bits per heavy atom. The van der Waals surface area contributed by atoms with Crippen LogP contribution in [0.5, 0.6) is 11.5 Å². The number of ether oxygens (including phenoxy) is 2. The zero-order valence-electron chi connectivity index (χ0n) is 9.67. The maximum atomic E-state index is 5.46. The molecular weight excluding hydrogens is 190 g/mol. The Morgan fingerprint density at radius 2 is 1.80 bits per heavy atom. The lowest BCUT2D eigenvalue weighted by atomic mass is 10.2. The van der Waals surface area contributed by atoms with Gasteiger partial charge in [0.2, 0.25) is 0 Å². The van der Waals surface area contributed by atoms with E-state index in [4.69, 9.17) is 9.47 Å². The average molecular weight is 209 g/mol. The van der Waals surface area contributed by atoms with Crippen molar-refractivity contribution >= 4 is 0 Å². The number of hydrogen-bond donors (Lipinski definition) is 1. The lowest BCUT2D eigenvalue weighted by Gasteiger charge is -2.18. The van der Waals surface area contributed by atoms with Gasteiger partial charge in [0.1, 0.15) is 13.2 Å². The van der Waals surface area contributed by atoms with E-state index in [1.807, 2.05) is 39.1 Å². The summed E-state index contributed by atoms with van der Waals surface area (Å²) < 4.78 is 10.9.